The minimum Gasteiger partial charge on any atom is -0.389 e. The Balaban J connectivity index is 1.57. The molecule has 1 aliphatic rings. The Morgan fingerprint density at radius 3 is 2.77 bits per heavy atom. The zero-order valence-electron chi connectivity index (χ0n) is 22.6. The van der Waals surface area contributed by atoms with Crippen molar-refractivity contribution < 1.29 is 8.81 Å². The van der Waals surface area contributed by atoms with E-state index in [1.165, 1.54) is 16.9 Å². The number of halogens is 1. The lowest BCUT2D eigenvalue weighted by atomic mass is 9.78. The number of pyridine rings is 1. The van der Waals surface area contributed by atoms with E-state index in [4.69, 9.17) is 4.42 Å². The average Bonchev–Trinajstić information content (AvgIpc) is 3.69. The molecule has 0 bridgehead atoms. The molecule has 0 saturated carbocycles. The number of para-hydroxylation sites is 1. The summed E-state index contributed by atoms with van der Waals surface area (Å²) >= 11 is 0. The van der Waals surface area contributed by atoms with E-state index in [1.807, 2.05) is 50.3 Å². The van der Waals surface area contributed by atoms with Crippen LogP contribution < -0.4 is 16.5 Å². The van der Waals surface area contributed by atoms with Crippen molar-refractivity contribution in [1.29, 1.82) is 0 Å². The summed E-state index contributed by atoms with van der Waals surface area (Å²) in [6.45, 7) is 4.72. The normalized spacial score (nSPS) is 19.2. The van der Waals surface area contributed by atoms with E-state index < -0.39 is 17.1 Å². The number of nitrogens with zero attached hydrogens (tertiary/aromatic N) is 5. The Kier molecular flexibility index (Phi) is 6.35. The molecule has 0 amide bonds. The Hall–Kier alpha value is -4.55. The number of imidazole rings is 1. The van der Waals surface area contributed by atoms with Gasteiger partial charge in [-0.05, 0) is 49.6 Å². The minimum atomic E-state index is -1.14. The van der Waals surface area contributed by atoms with Gasteiger partial charge >= 0.3 is 5.76 Å². The van der Waals surface area contributed by atoms with Gasteiger partial charge in [-0.1, -0.05) is 18.2 Å². The summed E-state index contributed by atoms with van der Waals surface area (Å²) in [5.74, 6) is -0.0952. The first-order valence-corrected chi connectivity index (χ1v) is 13.1. The highest BCUT2D eigenvalue weighted by atomic mass is 19.1. The van der Waals surface area contributed by atoms with E-state index in [2.05, 4.69) is 41.8 Å². The minimum absolute atomic E-state index is 0.213. The summed E-state index contributed by atoms with van der Waals surface area (Å²) in [6, 6.07) is 10.7. The first-order valence-electron chi connectivity index (χ1n) is 13.1. The summed E-state index contributed by atoms with van der Waals surface area (Å²) in [5, 5.41) is 11.3. The molecule has 11 nitrogen and oxygen atoms in total. The van der Waals surface area contributed by atoms with Crippen molar-refractivity contribution in [2.24, 2.45) is 7.05 Å². The molecule has 0 saturated heterocycles. The third-order valence-corrected chi connectivity index (χ3v) is 7.50. The predicted molar refractivity (Wildman–Crippen MR) is 147 cm³/mol. The third kappa shape index (κ3) is 4.12. The van der Waals surface area contributed by atoms with Gasteiger partial charge < -0.3 is 19.4 Å². The first kappa shape index (κ1) is 25.7. The van der Waals surface area contributed by atoms with Gasteiger partial charge in [0.25, 0.3) is 0 Å². The van der Waals surface area contributed by atoms with E-state index in [9.17, 15) is 9.18 Å². The second-order valence-electron chi connectivity index (χ2n) is 9.84. The number of hydrogen-bond donors (Lipinski definition) is 4. The maximum atomic E-state index is 13.5. The largest absolute Gasteiger partial charge is 0.436 e. The zero-order valence-corrected chi connectivity index (χ0v) is 22.6. The van der Waals surface area contributed by atoms with Crippen LogP contribution in [0.15, 0.2) is 69.8 Å². The van der Waals surface area contributed by atoms with E-state index in [-0.39, 0.29) is 11.9 Å². The molecule has 1 unspecified atom stereocenters. The van der Waals surface area contributed by atoms with Gasteiger partial charge in [0.2, 0.25) is 5.89 Å². The smallest absolute Gasteiger partial charge is 0.389 e. The molecular formula is C28H30FN9O2. The van der Waals surface area contributed by atoms with Gasteiger partial charge in [0, 0.05) is 37.7 Å². The van der Waals surface area contributed by atoms with Gasteiger partial charge in [-0.2, -0.15) is 4.68 Å². The number of nitrogens with one attached hydrogen (secondary N) is 4. The molecule has 12 heteroatoms. The van der Waals surface area contributed by atoms with Crippen LogP contribution >= 0.6 is 0 Å². The van der Waals surface area contributed by atoms with Crippen molar-refractivity contribution in [3.8, 4) is 11.4 Å². The molecule has 6 rings (SSSR count). The summed E-state index contributed by atoms with van der Waals surface area (Å²) in [4.78, 5) is 28.5. The van der Waals surface area contributed by atoms with Gasteiger partial charge in [-0.25, -0.2) is 19.6 Å². The number of fused-ring (bicyclic) bond motifs is 3. The van der Waals surface area contributed by atoms with Crippen molar-refractivity contribution in [3.05, 3.63) is 99.9 Å². The number of hydrazine groups is 1. The Labute approximate surface area is 229 Å². The Morgan fingerprint density at radius 2 is 2.08 bits per heavy atom. The molecular weight excluding hydrogens is 513 g/mol. The van der Waals surface area contributed by atoms with Crippen molar-refractivity contribution in [2.45, 2.75) is 31.8 Å². The highest BCUT2D eigenvalue weighted by molar-refractivity contribution is 5.86. The average molecular weight is 544 g/mol. The molecule has 206 valence electrons. The second-order valence-corrected chi connectivity index (χ2v) is 9.84. The lowest BCUT2D eigenvalue weighted by Gasteiger charge is -2.40. The summed E-state index contributed by atoms with van der Waals surface area (Å²) < 4.78 is 20.5. The summed E-state index contributed by atoms with van der Waals surface area (Å²) in [7, 11) is 3.41. The maximum absolute atomic E-state index is 13.5. The number of aromatic amines is 2. The number of hydrogen-bond acceptors (Lipinski definition) is 8. The molecule has 1 aromatic carbocycles. The molecule has 5 heterocycles. The lowest BCUT2D eigenvalue weighted by Crippen LogP contribution is -2.52. The van der Waals surface area contributed by atoms with Crippen molar-refractivity contribution in [3.63, 3.8) is 0 Å². The molecule has 1 aliphatic heterocycles. The fraction of sp³-hybridized carbons (Fsp3) is 0.286. The van der Waals surface area contributed by atoms with Gasteiger partial charge in [0.15, 0.2) is 5.54 Å². The van der Waals surface area contributed by atoms with Crippen molar-refractivity contribution in [1.82, 2.24) is 45.5 Å². The molecule has 40 heavy (non-hydrogen) atoms. The van der Waals surface area contributed by atoms with E-state index in [1.54, 1.807) is 19.3 Å². The number of benzene rings is 1. The highest BCUT2D eigenvalue weighted by Gasteiger charge is 2.50. The van der Waals surface area contributed by atoms with E-state index in [0.29, 0.717) is 30.2 Å². The number of rotatable bonds is 7. The summed E-state index contributed by atoms with van der Waals surface area (Å²) in [5.41, 5.74) is 6.99. The van der Waals surface area contributed by atoms with E-state index >= 15 is 0 Å². The van der Waals surface area contributed by atoms with Crippen LogP contribution in [0.25, 0.3) is 22.3 Å². The Bertz CT molecular complexity index is 1760. The predicted octanol–water partition coefficient (Wildman–Crippen LogP) is 3.27. The van der Waals surface area contributed by atoms with Crippen LogP contribution in [0.3, 0.4) is 0 Å². The fourth-order valence-corrected chi connectivity index (χ4v) is 5.46. The quantitative estimate of drug-likeness (QED) is 0.230. The topological polar surface area (TPSA) is 133 Å². The standard InChI is InChI=1S/C28H30FN9O2/c1-5-38(30-3)15-16(2)28(26-36-37(4)27(39)40-26)24-19(18-8-6-7-9-20(18)33-24)12-22(35-28)25-32-14-23(34-25)21-11-10-17(29)13-31-21/h6-11,13-15,22,30,33,35H,5,12H2,1-4H3,(H,32,34)/b16-15+/t22-,28?/m1/s1. The monoisotopic (exact) mass is 543 g/mol. The molecule has 4 N–H and O–H groups in total. The molecule has 0 radical (unpaired) electrons. The Morgan fingerprint density at radius 1 is 1.25 bits per heavy atom. The van der Waals surface area contributed by atoms with Gasteiger partial charge in [0.1, 0.15) is 11.6 Å². The van der Waals surface area contributed by atoms with Gasteiger partial charge in [0.05, 0.1) is 35.5 Å². The molecule has 4 aromatic heterocycles. The molecule has 0 aliphatic carbocycles. The highest BCUT2D eigenvalue weighted by Crippen LogP contribution is 2.46. The lowest BCUT2D eigenvalue weighted by molar-refractivity contribution is 0.264. The first-order chi connectivity index (χ1) is 19.3. The molecule has 0 spiro atoms. The van der Waals surface area contributed by atoms with E-state index in [0.717, 1.165) is 27.7 Å². The molecule has 2 atom stereocenters. The third-order valence-electron chi connectivity index (χ3n) is 7.50. The van der Waals surface area contributed by atoms with Crippen LogP contribution in [0.2, 0.25) is 0 Å². The number of aryl methyl sites for hydroxylation is 1. The summed E-state index contributed by atoms with van der Waals surface area (Å²) in [6.07, 6.45) is 5.44. The van der Waals surface area contributed by atoms with Crippen LogP contribution in [-0.2, 0) is 19.0 Å². The fourth-order valence-electron chi connectivity index (χ4n) is 5.46. The second kappa shape index (κ2) is 9.88. The molecule has 0 fully saturated rings. The van der Waals surface area contributed by atoms with Crippen molar-refractivity contribution in [2.75, 3.05) is 13.6 Å². The van der Waals surface area contributed by atoms with Crippen LogP contribution in [-0.4, -0.2) is 48.3 Å². The van der Waals surface area contributed by atoms with Gasteiger partial charge in [-0.15, -0.1) is 5.10 Å². The van der Waals surface area contributed by atoms with Crippen molar-refractivity contribution >= 4 is 10.9 Å². The number of H-pyrrole nitrogens is 2. The zero-order chi connectivity index (χ0) is 28.0. The SMILES string of the molecule is CCN(/C=C(\C)C1(c2nn(C)c(=O)o2)N[C@@H](c2ncc(-c3ccc(F)cn3)[nH]2)Cc2c1[nH]c1ccccc21)NC. The van der Waals surface area contributed by atoms with Crippen LogP contribution in [0.5, 0.6) is 0 Å². The van der Waals surface area contributed by atoms with Gasteiger partial charge in [-0.3, -0.25) is 10.3 Å². The maximum Gasteiger partial charge on any atom is 0.436 e. The molecule has 5 aromatic rings. The van der Waals surface area contributed by atoms with Crippen LogP contribution in [0.1, 0.15) is 42.9 Å². The number of aromatic nitrogens is 6. The van der Waals surface area contributed by atoms with Crippen LogP contribution in [0, 0.1) is 5.82 Å². The van der Waals surface area contributed by atoms with Crippen LogP contribution in [0.4, 0.5) is 4.39 Å².